The summed E-state index contributed by atoms with van der Waals surface area (Å²) < 4.78 is 5.14. The first-order valence-electron chi connectivity index (χ1n) is 6.03. The van der Waals surface area contributed by atoms with E-state index < -0.39 is 0 Å². The second kappa shape index (κ2) is 7.72. The molecule has 1 atom stereocenters. The molecule has 0 bridgehead atoms. The molecule has 0 heterocycles. The van der Waals surface area contributed by atoms with Crippen LogP contribution in [0.3, 0.4) is 0 Å². The molecule has 1 aromatic carbocycles. The van der Waals surface area contributed by atoms with Gasteiger partial charge in [0.2, 0.25) is 0 Å². The topological polar surface area (TPSA) is 9.23 Å². The third kappa shape index (κ3) is 5.02. The fourth-order valence-corrected chi connectivity index (χ4v) is 2.43. The normalized spacial score (nSPS) is 12.4. The number of alkyl halides is 1. The van der Waals surface area contributed by atoms with Crippen LogP contribution in [0, 0.1) is 0 Å². The minimum atomic E-state index is 0.604. The molecule has 0 fully saturated rings. The molecule has 90 valence electrons. The zero-order valence-corrected chi connectivity index (χ0v) is 11.8. The fraction of sp³-hybridized carbons (Fsp3) is 0.571. The minimum Gasteiger partial charge on any atom is -0.497 e. The molecule has 16 heavy (non-hydrogen) atoms. The summed E-state index contributed by atoms with van der Waals surface area (Å²) in [6.07, 6.45) is 6.32. The Kier molecular flexibility index (Phi) is 6.55. The van der Waals surface area contributed by atoms with Gasteiger partial charge in [0.1, 0.15) is 5.75 Å². The monoisotopic (exact) mass is 284 g/mol. The highest BCUT2D eigenvalue weighted by Gasteiger charge is 2.05. The summed E-state index contributed by atoms with van der Waals surface area (Å²) in [5, 5.41) is 0. The molecule has 0 spiro atoms. The summed E-state index contributed by atoms with van der Waals surface area (Å²) in [7, 11) is 1.70. The molecular weight excluding hydrogens is 264 g/mol. The van der Waals surface area contributed by atoms with Gasteiger partial charge < -0.3 is 4.74 Å². The smallest absolute Gasteiger partial charge is 0.118 e. The molecule has 2 heteroatoms. The molecular formula is C14H21BrO. The highest BCUT2D eigenvalue weighted by molar-refractivity contribution is 9.09. The predicted molar refractivity (Wildman–Crippen MR) is 73.6 cm³/mol. The lowest BCUT2D eigenvalue weighted by Gasteiger charge is -2.09. The van der Waals surface area contributed by atoms with E-state index in [2.05, 4.69) is 35.0 Å². The number of ether oxygens (including phenoxy) is 1. The number of hydrogen-bond acceptors (Lipinski definition) is 1. The molecule has 1 nitrogen and oxygen atoms in total. The summed E-state index contributed by atoms with van der Waals surface area (Å²) in [5.41, 5.74) is 1.37. The van der Waals surface area contributed by atoms with Crippen LogP contribution in [0.25, 0.3) is 0 Å². The first-order chi connectivity index (χ1) is 7.76. The van der Waals surface area contributed by atoms with E-state index in [1.54, 1.807) is 7.11 Å². The van der Waals surface area contributed by atoms with Crippen molar-refractivity contribution in [2.45, 2.75) is 43.9 Å². The summed E-state index contributed by atoms with van der Waals surface area (Å²) in [4.78, 5) is 0.604. The zero-order chi connectivity index (χ0) is 11.8. The lowest BCUT2D eigenvalue weighted by Crippen LogP contribution is -2.02. The Hall–Kier alpha value is -0.500. The van der Waals surface area contributed by atoms with Gasteiger partial charge in [-0.2, -0.15) is 0 Å². The number of methoxy groups -OCH3 is 1. The van der Waals surface area contributed by atoms with Crippen LogP contribution in [0.5, 0.6) is 5.75 Å². The third-order valence-corrected chi connectivity index (χ3v) is 3.52. The van der Waals surface area contributed by atoms with E-state index in [1.807, 2.05) is 12.1 Å². The molecule has 0 aliphatic carbocycles. The second-order valence-corrected chi connectivity index (χ2v) is 5.44. The van der Waals surface area contributed by atoms with Crippen molar-refractivity contribution in [3.05, 3.63) is 29.8 Å². The van der Waals surface area contributed by atoms with Crippen molar-refractivity contribution in [2.75, 3.05) is 7.11 Å². The Labute approximate surface area is 107 Å². The van der Waals surface area contributed by atoms with Crippen LogP contribution in [0.4, 0.5) is 0 Å². The highest BCUT2D eigenvalue weighted by atomic mass is 79.9. The number of unbranched alkanes of at least 4 members (excludes halogenated alkanes) is 2. The van der Waals surface area contributed by atoms with Gasteiger partial charge in [-0.3, -0.25) is 0 Å². The van der Waals surface area contributed by atoms with E-state index in [0.29, 0.717) is 4.83 Å². The number of benzene rings is 1. The quantitative estimate of drug-likeness (QED) is 0.526. The standard InChI is InChI=1S/C14H21BrO/c1-3-4-5-6-13(15)11-12-7-9-14(16-2)10-8-12/h7-10,13H,3-6,11H2,1-2H3. The van der Waals surface area contributed by atoms with E-state index in [1.165, 1.54) is 31.2 Å². The van der Waals surface area contributed by atoms with Gasteiger partial charge in [-0.05, 0) is 30.5 Å². The lowest BCUT2D eigenvalue weighted by molar-refractivity contribution is 0.414. The van der Waals surface area contributed by atoms with E-state index in [0.717, 1.165) is 12.2 Å². The van der Waals surface area contributed by atoms with Gasteiger partial charge >= 0.3 is 0 Å². The first-order valence-corrected chi connectivity index (χ1v) is 6.94. The van der Waals surface area contributed by atoms with Crippen molar-refractivity contribution in [3.63, 3.8) is 0 Å². The molecule has 0 aliphatic rings. The molecule has 0 N–H and O–H groups in total. The summed E-state index contributed by atoms with van der Waals surface area (Å²) in [6.45, 7) is 2.24. The van der Waals surface area contributed by atoms with E-state index in [9.17, 15) is 0 Å². The highest BCUT2D eigenvalue weighted by Crippen LogP contribution is 2.18. The summed E-state index contributed by atoms with van der Waals surface area (Å²) in [6, 6.07) is 8.35. The summed E-state index contributed by atoms with van der Waals surface area (Å²) >= 11 is 3.75. The minimum absolute atomic E-state index is 0.604. The number of halogens is 1. The fourth-order valence-electron chi connectivity index (χ4n) is 1.74. The zero-order valence-electron chi connectivity index (χ0n) is 10.2. The molecule has 1 unspecified atom stereocenters. The van der Waals surface area contributed by atoms with Crippen LogP contribution >= 0.6 is 15.9 Å². The molecule has 0 amide bonds. The van der Waals surface area contributed by atoms with Gasteiger partial charge in [0.15, 0.2) is 0 Å². The maximum Gasteiger partial charge on any atom is 0.118 e. The third-order valence-electron chi connectivity index (χ3n) is 2.74. The Morgan fingerprint density at radius 1 is 1.19 bits per heavy atom. The van der Waals surface area contributed by atoms with Gasteiger partial charge in [0.25, 0.3) is 0 Å². The Morgan fingerprint density at radius 3 is 2.44 bits per heavy atom. The van der Waals surface area contributed by atoms with E-state index in [4.69, 9.17) is 4.74 Å². The first kappa shape index (κ1) is 13.6. The maximum absolute atomic E-state index is 5.14. The van der Waals surface area contributed by atoms with Crippen molar-refractivity contribution < 1.29 is 4.74 Å². The van der Waals surface area contributed by atoms with Crippen LogP contribution in [-0.4, -0.2) is 11.9 Å². The van der Waals surface area contributed by atoms with Gasteiger partial charge in [-0.1, -0.05) is 54.2 Å². The van der Waals surface area contributed by atoms with Crippen LogP contribution in [0.1, 0.15) is 38.2 Å². The van der Waals surface area contributed by atoms with Crippen LogP contribution in [-0.2, 0) is 6.42 Å². The maximum atomic E-state index is 5.14. The molecule has 1 aromatic rings. The molecule has 0 saturated heterocycles. The average molecular weight is 285 g/mol. The molecule has 1 rings (SSSR count). The van der Waals surface area contributed by atoms with Crippen molar-refractivity contribution >= 4 is 15.9 Å². The Balaban J connectivity index is 2.34. The predicted octanol–water partition coefficient (Wildman–Crippen LogP) is 4.58. The second-order valence-electron chi connectivity index (χ2n) is 4.15. The van der Waals surface area contributed by atoms with E-state index >= 15 is 0 Å². The number of rotatable bonds is 7. The number of hydrogen-bond donors (Lipinski definition) is 0. The van der Waals surface area contributed by atoms with Crippen molar-refractivity contribution in [2.24, 2.45) is 0 Å². The van der Waals surface area contributed by atoms with Crippen molar-refractivity contribution in [3.8, 4) is 5.75 Å². The lowest BCUT2D eigenvalue weighted by atomic mass is 10.1. The van der Waals surface area contributed by atoms with E-state index in [-0.39, 0.29) is 0 Å². The van der Waals surface area contributed by atoms with Crippen molar-refractivity contribution in [1.82, 2.24) is 0 Å². The van der Waals surface area contributed by atoms with Gasteiger partial charge in [-0.15, -0.1) is 0 Å². The van der Waals surface area contributed by atoms with Gasteiger partial charge in [-0.25, -0.2) is 0 Å². The largest absolute Gasteiger partial charge is 0.497 e. The van der Waals surface area contributed by atoms with Crippen LogP contribution < -0.4 is 4.74 Å². The molecule has 0 saturated carbocycles. The Bertz CT molecular complexity index is 281. The average Bonchev–Trinajstić information content (AvgIpc) is 2.30. The van der Waals surface area contributed by atoms with Gasteiger partial charge in [0.05, 0.1) is 7.11 Å². The van der Waals surface area contributed by atoms with Crippen LogP contribution in [0.2, 0.25) is 0 Å². The van der Waals surface area contributed by atoms with Crippen LogP contribution in [0.15, 0.2) is 24.3 Å². The Morgan fingerprint density at radius 2 is 1.88 bits per heavy atom. The SMILES string of the molecule is CCCCCC(Br)Cc1ccc(OC)cc1. The molecule has 0 aliphatic heterocycles. The molecule has 0 aromatic heterocycles. The molecule has 0 radical (unpaired) electrons. The van der Waals surface area contributed by atoms with Crippen molar-refractivity contribution in [1.29, 1.82) is 0 Å². The van der Waals surface area contributed by atoms with Gasteiger partial charge in [0, 0.05) is 4.83 Å². The summed E-state index contributed by atoms with van der Waals surface area (Å²) in [5.74, 6) is 0.931.